The van der Waals surface area contributed by atoms with Crippen LogP contribution in [0.15, 0.2) is 6.33 Å². The van der Waals surface area contributed by atoms with Crippen molar-refractivity contribution >= 4 is 6.09 Å². The van der Waals surface area contributed by atoms with Gasteiger partial charge in [-0.3, -0.25) is 0 Å². The maximum atomic E-state index is 10.8. The molecular formula is C14H22N4O3. The molecule has 2 fully saturated rings. The quantitative estimate of drug-likeness (QED) is 0.891. The summed E-state index contributed by atoms with van der Waals surface area (Å²) in [6.07, 6.45) is 4.74. The molecule has 1 saturated heterocycles. The SMILES string of the molecule is CC1(C)[C@@H](c2ncn(C3CCCCO3)n2)C[C@H]1NC(=O)O. The van der Waals surface area contributed by atoms with E-state index in [4.69, 9.17) is 9.84 Å². The molecule has 7 heteroatoms. The lowest BCUT2D eigenvalue weighted by Crippen LogP contribution is -2.57. The van der Waals surface area contributed by atoms with Gasteiger partial charge >= 0.3 is 6.09 Å². The number of hydrogen-bond donors (Lipinski definition) is 2. The molecule has 1 amide bonds. The molecule has 0 bridgehead atoms. The first-order chi connectivity index (χ1) is 9.98. The minimum atomic E-state index is -0.972. The van der Waals surface area contributed by atoms with E-state index in [1.165, 1.54) is 0 Å². The van der Waals surface area contributed by atoms with E-state index in [0.717, 1.165) is 38.1 Å². The van der Waals surface area contributed by atoms with Gasteiger partial charge in [-0.1, -0.05) is 13.8 Å². The normalized spacial score (nSPS) is 31.4. The van der Waals surface area contributed by atoms with Gasteiger partial charge in [-0.2, -0.15) is 5.10 Å². The molecule has 21 heavy (non-hydrogen) atoms. The van der Waals surface area contributed by atoms with Crippen LogP contribution in [0.25, 0.3) is 0 Å². The highest BCUT2D eigenvalue weighted by Gasteiger charge is 2.51. The molecule has 0 aromatic carbocycles. The van der Waals surface area contributed by atoms with Gasteiger partial charge in [0.15, 0.2) is 12.1 Å². The molecule has 2 aliphatic rings. The molecule has 116 valence electrons. The van der Waals surface area contributed by atoms with Crippen molar-refractivity contribution in [2.45, 2.75) is 57.7 Å². The van der Waals surface area contributed by atoms with Gasteiger partial charge in [0.05, 0.1) is 0 Å². The Balaban J connectivity index is 1.68. The molecule has 1 unspecified atom stereocenters. The van der Waals surface area contributed by atoms with Gasteiger partial charge in [-0.25, -0.2) is 14.5 Å². The summed E-state index contributed by atoms with van der Waals surface area (Å²) in [7, 11) is 0. The van der Waals surface area contributed by atoms with Crippen LogP contribution in [0.4, 0.5) is 4.79 Å². The van der Waals surface area contributed by atoms with Crippen molar-refractivity contribution in [1.82, 2.24) is 20.1 Å². The van der Waals surface area contributed by atoms with E-state index in [1.807, 2.05) is 4.68 Å². The Morgan fingerprint density at radius 1 is 1.52 bits per heavy atom. The van der Waals surface area contributed by atoms with Gasteiger partial charge in [0, 0.05) is 18.6 Å². The first-order valence-electron chi connectivity index (χ1n) is 7.50. The summed E-state index contributed by atoms with van der Waals surface area (Å²) in [5.41, 5.74) is -0.169. The van der Waals surface area contributed by atoms with Crippen LogP contribution in [-0.4, -0.2) is 38.6 Å². The van der Waals surface area contributed by atoms with Crippen molar-refractivity contribution in [1.29, 1.82) is 0 Å². The first-order valence-corrected chi connectivity index (χ1v) is 7.50. The standard InChI is InChI=1S/C14H22N4O3/c1-14(2)9(7-10(14)16-13(19)20)12-15-8-18(17-12)11-5-3-4-6-21-11/h8-11,16H,3-7H2,1-2H3,(H,19,20)/t9-,10-,11?/m1/s1. The number of carbonyl (C=O) groups is 1. The Bertz CT molecular complexity index is 522. The average Bonchev–Trinajstić information content (AvgIpc) is 2.93. The van der Waals surface area contributed by atoms with Crippen LogP contribution >= 0.6 is 0 Å². The smallest absolute Gasteiger partial charge is 0.404 e. The summed E-state index contributed by atoms with van der Waals surface area (Å²) in [6.45, 7) is 4.89. The topological polar surface area (TPSA) is 89.3 Å². The summed E-state index contributed by atoms with van der Waals surface area (Å²) in [6, 6.07) is -0.0436. The van der Waals surface area contributed by atoms with Crippen molar-refractivity contribution in [3.05, 3.63) is 12.2 Å². The highest BCUT2D eigenvalue weighted by molar-refractivity contribution is 5.65. The molecule has 0 radical (unpaired) electrons. The summed E-state index contributed by atoms with van der Waals surface area (Å²) >= 11 is 0. The lowest BCUT2D eigenvalue weighted by atomic mass is 9.58. The number of amides is 1. The minimum Gasteiger partial charge on any atom is -0.465 e. The number of aromatic nitrogens is 3. The first kappa shape index (κ1) is 14.3. The predicted molar refractivity (Wildman–Crippen MR) is 74.9 cm³/mol. The number of carboxylic acid groups (broad SMARTS) is 1. The second kappa shape index (κ2) is 5.29. The molecular weight excluding hydrogens is 272 g/mol. The number of hydrogen-bond acceptors (Lipinski definition) is 4. The zero-order chi connectivity index (χ0) is 15.0. The fourth-order valence-electron chi connectivity index (χ4n) is 3.28. The van der Waals surface area contributed by atoms with Gasteiger partial charge < -0.3 is 15.2 Å². The van der Waals surface area contributed by atoms with Gasteiger partial charge in [-0.05, 0) is 31.1 Å². The van der Waals surface area contributed by atoms with E-state index in [2.05, 4.69) is 29.2 Å². The maximum absolute atomic E-state index is 10.8. The molecule has 3 rings (SSSR count). The van der Waals surface area contributed by atoms with Crippen molar-refractivity contribution < 1.29 is 14.6 Å². The molecule has 7 nitrogen and oxygen atoms in total. The Morgan fingerprint density at radius 3 is 2.95 bits per heavy atom. The van der Waals surface area contributed by atoms with E-state index >= 15 is 0 Å². The predicted octanol–water partition coefficient (Wildman–Crippen LogP) is 2.13. The van der Waals surface area contributed by atoms with Gasteiger partial charge in [-0.15, -0.1) is 0 Å². The van der Waals surface area contributed by atoms with Crippen LogP contribution in [0, 0.1) is 5.41 Å². The third-order valence-corrected chi connectivity index (χ3v) is 4.85. The van der Waals surface area contributed by atoms with E-state index in [-0.39, 0.29) is 23.6 Å². The second-order valence-corrected chi connectivity index (χ2v) is 6.52. The molecule has 1 aliphatic heterocycles. The fraction of sp³-hybridized carbons (Fsp3) is 0.786. The average molecular weight is 294 g/mol. The van der Waals surface area contributed by atoms with Crippen LogP contribution < -0.4 is 5.32 Å². The molecule has 1 saturated carbocycles. The third kappa shape index (κ3) is 2.62. The zero-order valence-electron chi connectivity index (χ0n) is 12.5. The van der Waals surface area contributed by atoms with E-state index in [1.54, 1.807) is 6.33 Å². The summed E-state index contributed by atoms with van der Waals surface area (Å²) in [5, 5.41) is 16.0. The van der Waals surface area contributed by atoms with Crippen molar-refractivity contribution in [3.8, 4) is 0 Å². The molecule has 1 aliphatic carbocycles. The third-order valence-electron chi connectivity index (χ3n) is 4.85. The fourth-order valence-corrected chi connectivity index (χ4v) is 3.28. The molecule has 0 spiro atoms. The Labute approximate surface area is 123 Å². The molecule has 1 aromatic rings. The number of nitrogens with one attached hydrogen (secondary N) is 1. The largest absolute Gasteiger partial charge is 0.465 e. The summed E-state index contributed by atoms with van der Waals surface area (Å²) in [4.78, 5) is 15.2. The van der Waals surface area contributed by atoms with Crippen LogP contribution in [0.1, 0.15) is 57.5 Å². The Morgan fingerprint density at radius 2 is 2.33 bits per heavy atom. The minimum absolute atomic E-state index is 0.00358. The lowest BCUT2D eigenvalue weighted by molar-refractivity contribution is -0.0404. The number of rotatable bonds is 3. The van der Waals surface area contributed by atoms with Crippen LogP contribution in [0.5, 0.6) is 0 Å². The van der Waals surface area contributed by atoms with Crippen LogP contribution in [0.3, 0.4) is 0 Å². The van der Waals surface area contributed by atoms with Crippen LogP contribution in [0.2, 0.25) is 0 Å². The summed E-state index contributed by atoms with van der Waals surface area (Å²) < 4.78 is 7.51. The summed E-state index contributed by atoms with van der Waals surface area (Å²) in [5.74, 6) is 0.969. The van der Waals surface area contributed by atoms with Gasteiger partial charge in [0.25, 0.3) is 0 Å². The van der Waals surface area contributed by atoms with Crippen molar-refractivity contribution in [2.75, 3.05) is 6.61 Å². The van der Waals surface area contributed by atoms with Gasteiger partial charge in [0.2, 0.25) is 0 Å². The Kier molecular flexibility index (Phi) is 3.61. The highest BCUT2D eigenvalue weighted by Crippen LogP contribution is 2.51. The zero-order valence-corrected chi connectivity index (χ0v) is 12.5. The Hall–Kier alpha value is -1.63. The highest BCUT2D eigenvalue weighted by atomic mass is 16.5. The lowest BCUT2D eigenvalue weighted by Gasteiger charge is -2.50. The van der Waals surface area contributed by atoms with Crippen molar-refractivity contribution in [3.63, 3.8) is 0 Å². The molecule has 2 N–H and O–H groups in total. The van der Waals surface area contributed by atoms with E-state index in [9.17, 15) is 4.79 Å². The van der Waals surface area contributed by atoms with Gasteiger partial charge in [0.1, 0.15) is 6.33 Å². The number of ether oxygens (including phenoxy) is 1. The maximum Gasteiger partial charge on any atom is 0.404 e. The molecule has 3 atom stereocenters. The molecule has 1 aromatic heterocycles. The van der Waals surface area contributed by atoms with Crippen LogP contribution in [-0.2, 0) is 4.74 Å². The second-order valence-electron chi connectivity index (χ2n) is 6.52. The van der Waals surface area contributed by atoms with E-state index < -0.39 is 6.09 Å². The monoisotopic (exact) mass is 294 g/mol. The van der Waals surface area contributed by atoms with Crippen molar-refractivity contribution in [2.24, 2.45) is 5.41 Å². The van der Waals surface area contributed by atoms with E-state index in [0.29, 0.717) is 0 Å². The number of nitrogens with zero attached hydrogens (tertiary/aromatic N) is 3. The molecule has 2 heterocycles.